The Balaban J connectivity index is 1.07. The molecule has 1 aromatic carbocycles. The summed E-state index contributed by atoms with van der Waals surface area (Å²) in [5.41, 5.74) is 7.77. The lowest BCUT2D eigenvalue weighted by molar-refractivity contribution is -0.133. The van der Waals surface area contributed by atoms with Gasteiger partial charge < -0.3 is 15.4 Å². The summed E-state index contributed by atoms with van der Waals surface area (Å²) in [6.45, 7) is 2.86. The van der Waals surface area contributed by atoms with Crippen LogP contribution in [0.3, 0.4) is 0 Å². The van der Waals surface area contributed by atoms with E-state index in [2.05, 4.69) is 0 Å². The predicted molar refractivity (Wildman–Crippen MR) is 157 cm³/mol. The van der Waals surface area contributed by atoms with E-state index in [1.54, 1.807) is 4.90 Å². The average molecular weight is 549 g/mol. The molecular formula is C33H48N4O3. The van der Waals surface area contributed by atoms with Crippen molar-refractivity contribution in [1.29, 1.82) is 0 Å². The number of likely N-dealkylation sites (tertiary alicyclic amines) is 1. The Kier molecular flexibility index (Phi) is 8.36. The Bertz CT molecular complexity index is 1080. The van der Waals surface area contributed by atoms with Gasteiger partial charge in [-0.1, -0.05) is 64.2 Å². The number of ether oxygens (including phenoxy) is 1. The molecular weight excluding hydrogens is 500 g/mol. The molecule has 0 spiro atoms. The van der Waals surface area contributed by atoms with Crippen molar-refractivity contribution < 1.29 is 14.3 Å². The molecule has 218 valence electrons. The van der Waals surface area contributed by atoms with E-state index < -0.39 is 5.54 Å². The zero-order chi connectivity index (χ0) is 27.5. The van der Waals surface area contributed by atoms with Crippen LogP contribution < -0.4 is 10.5 Å². The third-order valence-electron chi connectivity index (χ3n) is 10.4. The molecule has 1 atom stereocenters. The summed E-state index contributed by atoms with van der Waals surface area (Å²) in [7, 11) is 0. The second-order valence-corrected chi connectivity index (χ2v) is 13.3. The van der Waals surface area contributed by atoms with Gasteiger partial charge in [-0.25, -0.2) is 4.99 Å². The molecule has 2 aliphatic carbocycles. The molecule has 2 N–H and O–H groups in total. The van der Waals surface area contributed by atoms with Gasteiger partial charge >= 0.3 is 0 Å². The van der Waals surface area contributed by atoms with Gasteiger partial charge in [-0.3, -0.25) is 14.5 Å². The first kappa shape index (κ1) is 27.6. The molecule has 1 saturated heterocycles. The molecule has 3 fully saturated rings. The maximum absolute atomic E-state index is 14.1. The van der Waals surface area contributed by atoms with Crippen LogP contribution in [-0.4, -0.2) is 59.4 Å². The Hall–Kier alpha value is -2.57. The second-order valence-electron chi connectivity index (χ2n) is 13.3. The molecule has 0 radical (unpaired) electrons. The number of rotatable bonds is 8. The summed E-state index contributed by atoms with van der Waals surface area (Å²) < 4.78 is 5.72. The van der Waals surface area contributed by atoms with Crippen molar-refractivity contribution in [2.45, 2.75) is 108 Å². The number of carbonyl (C=O) groups is 2. The van der Waals surface area contributed by atoms with Gasteiger partial charge in [-0.05, 0) is 80.0 Å². The number of amides is 2. The lowest BCUT2D eigenvalue weighted by Gasteiger charge is -2.35. The maximum Gasteiger partial charge on any atom is 0.257 e. The minimum absolute atomic E-state index is 0.105. The number of aryl methyl sites for hydroxylation is 1. The van der Waals surface area contributed by atoms with Gasteiger partial charge in [0.2, 0.25) is 0 Å². The highest BCUT2D eigenvalue weighted by atomic mass is 16.5. The van der Waals surface area contributed by atoms with Gasteiger partial charge in [0.15, 0.2) is 5.96 Å². The minimum atomic E-state index is -0.651. The Morgan fingerprint density at radius 1 is 0.950 bits per heavy atom. The van der Waals surface area contributed by atoms with Gasteiger partial charge in [0.25, 0.3) is 11.8 Å². The van der Waals surface area contributed by atoms with Crippen LogP contribution in [0, 0.1) is 17.8 Å². The van der Waals surface area contributed by atoms with Gasteiger partial charge in [-0.2, -0.15) is 0 Å². The Labute approximate surface area is 239 Å². The Morgan fingerprint density at radius 2 is 1.65 bits per heavy atom. The minimum Gasteiger partial charge on any atom is -0.493 e. The molecule has 5 aliphatic rings. The number of benzene rings is 1. The smallest absolute Gasteiger partial charge is 0.257 e. The van der Waals surface area contributed by atoms with E-state index in [1.807, 2.05) is 23.1 Å². The number of guanidine groups is 1. The van der Waals surface area contributed by atoms with Crippen molar-refractivity contribution in [1.82, 2.24) is 9.80 Å². The number of aliphatic imine (C=N–C) groups is 1. The van der Waals surface area contributed by atoms with E-state index in [1.165, 1.54) is 64.2 Å². The topological polar surface area (TPSA) is 88.2 Å². The van der Waals surface area contributed by atoms with E-state index in [-0.39, 0.29) is 11.8 Å². The van der Waals surface area contributed by atoms with Crippen LogP contribution in [0.1, 0.15) is 112 Å². The molecule has 7 nitrogen and oxygen atoms in total. The first-order chi connectivity index (χ1) is 19.5. The number of nitrogens with zero attached hydrogens (tertiary/aromatic N) is 3. The monoisotopic (exact) mass is 548 g/mol. The molecule has 1 unspecified atom stereocenters. The molecule has 3 heterocycles. The molecule has 6 rings (SSSR count). The van der Waals surface area contributed by atoms with Crippen molar-refractivity contribution in [3.63, 3.8) is 0 Å². The third kappa shape index (κ3) is 5.89. The summed E-state index contributed by atoms with van der Waals surface area (Å²) in [6, 6.07) is 5.86. The average Bonchev–Trinajstić information content (AvgIpc) is 3.54. The van der Waals surface area contributed by atoms with Gasteiger partial charge in [0.1, 0.15) is 11.3 Å². The van der Waals surface area contributed by atoms with Crippen molar-refractivity contribution >= 4 is 17.8 Å². The van der Waals surface area contributed by atoms with Crippen LogP contribution in [0.2, 0.25) is 0 Å². The summed E-state index contributed by atoms with van der Waals surface area (Å²) >= 11 is 0. The number of carbonyl (C=O) groups excluding carboxylic acids is 2. The number of hydrogen-bond donors (Lipinski definition) is 1. The first-order valence-corrected chi connectivity index (χ1v) is 16.2. The largest absolute Gasteiger partial charge is 0.493 e. The van der Waals surface area contributed by atoms with E-state index in [0.29, 0.717) is 30.3 Å². The molecule has 2 amide bonds. The standard InChI is InChI=1S/C33H48N4O3/c34-32-35-33(21-24-8-3-1-4-9-24,22-25-10-5-2-6-11-25)31(39)37(32)18-16-26-15-17-36(23-26)30(38)28-13-14-29-27(20-28)12-7-19-40-29/h13-14,20,24-26H,1-12,15-19,21-23H2,(H2,34,35). The summed E-state index contributed by atoms with van der Waals surface area (Å²) in [4.78, 5) is 36.2. The SMILES string of the molecule is NC1=NC(CC2CCCCC2)(CC2CCCCC2)C(=O)N1CCC1CCN(C(=O)c2ccc3c(c2)CCCO3)C1. The molecule has 40 heavy (non-hydrogen) atoms. The molecule has 2 saturated carbocycles. The molecule has 1 aromatic rings. The lowest BCUT2D eigenvalue weighted by atomic mass is 9.73. The van der Waals surface area contributed by atoms with Crippen molar-refractivity contribution in [3.05, 3.63) is 29.3 Å². The lowest BCUT2D eigenvalue weighted by Crippen LogP contribution is -2.47. The van der Waals surface area contributed by atoms with Crippen molar-refractivity contribution in [2.24, 2.45) is 28.5 Å². The van der Waals surface area contributed by atoms with Gasteiger partial charge in [0, 0.05) is 25.2 Å². The molecule has 7 heteroatoms. The zero-order valence-electron chi connectivity index (χ0n) is 24.2. The van der Waals surface area contributed by atoms with Crippen LogP contribution in [0.15, 0.2) is 23.2 Å². The third-order valence-corrected chi connectivity index (χ3v) is 10.4. The van der Waals surface area contributed by atoms with E-state index in [9.17, 15) is 9.59 Å². The highest BCUT2D eigenvalue weighted by molar-refractivity contribution is 6.06. The van der Waals surface area contributed by atoms with Gasteiger partial charge in [0.05, 0.1) is 6.61 Å². The van der Waals surface area contributed by atoms with Crippen molar-refractivity contribution in [2.75, 3.05) is 26.2 Å². The fourth-order valence-corrected chi connectivity index (χ4v) is 8.23. The second kappa shape index (κ2) is 12.1. The number of nitrogens with two attached hydrogens (primary N) is 1. The fourth-order valence-electron chi connectivity index (χ4n) is 8.23. The van der Waals surface area contributed by atoms with Crippen LogP contribution in [-0.2, 0) is 11.2 Å². The predicted octanol–water partition coefficient (Wildman–Crippen LogP) is 5.70. The van der Waals surface area contributed by atoms with Crippen LogP contribution in [0.4, 0.5) is 0 Å². The quantitative estimate of drug-likeness (QED) is 0.451. The summed E-state index contributed by atoms with van der Waals surface area (Å²) in [5.74, 6) is 3.15. The normalized spacial score (nSPS) is 25.6. The van der Waals surface area contributed by atoms with E-state index in [4.69, 9.17) is 15.5 Å². The zero-order valence-corrected chi connectivity index (χ0v) is 24.2. The molecule has 0 bridgehead atoms. The molecule has 3 aliphatic heterocycles. The van der Waals surface area contributed by atoms with Gasteiger partial charge in [-0.15, -0.1) is 0 Å². The number of hydrogen-bond acceptors (Lipinski definition) is 5. The fraction of sp³-hybridized carbons (Fsp3) is 0.727. The summed E-state index contributed by atoms with van der Waals surface area (Å²) in [5, 5.41) is 0. The first-order valence-electron chi connectivity index (χ1n) is 16.2. The van der Waals surface area contributed by atoms with E-state index in [0.717, 1.165) is 75.1 Å². The van der Waals surface area contributed by atoms with E-state index >= 15 is 0 Å². The van der Waals surface area contributed by atoms with Crippen LogP contribution in [0.25, 0.3) is 0 Å². The Morgan fingerprint density at radius 3 is 2.35 bits per heavy atom. The summed E-state index contributed by atoms with van der Waals surface area (Å²) in [6.07, 6.45) is 18.2. The highest BCUT2D eigenvalue weighted by Gasteiger charge is 2.50. The van der Waals surface area contributed by atoms with Crippen LogP contribution >= 0.6 is 0 Å². The molecule has 0 aromatic heterocycles. The maximum atomic E-state index is 14.1. The number of fused-ring (bicyclic) bond motifs is 1. The highest BCUT2D eigenvalue weighted by Crippen LogP contribution is 2.42. The van der Waals surface area contributed by atoms with Crippen molar-refractivity contribution in [3.8, 4) is 5.75 Å². The van der Waals surface area contributed by atoms with Crippen LogP contribution in [0.5, 0.6) is 5.75 Å².